The molecule has 0 radical (unpaired) electrons. The van der Waals surface area contributed by atoms with Gasteiger partial charge < -0.3 is 4.74 Å². The monoisotopic (exact) mass is 466 g/mol. The second-order valence-corrected chi connectivity index (χ2v) is 8.74. The fraction of sp³-hybridized carbons (Fsp3) is 0.0909. The summed E-state index contributed by atoms with van der Waals surface area (Å²) in [7, 11) is -2.75. The molecule has 0 atom stereocenters. The normalized spacial score (nSPS) is 14.1. The van der Waals surface area contributed by atoms with Crippen LogP contribution in [-0.2, 0) is 10.0 Å². The molecule has 168 valence electrons. The lowest BCUT2D eigenvalue weighted by atomic mass is 10.1. The Morgan fingerprint density at radius 3 is 2.39 bits per heavy atom. The summed E-state index contributed by atoms with van der Waals surface area (Å²) in [5, 5.41) is 15.5. The Kier molecular flexibility index (Phi) is 5.80. The first-order valence-electron chi connectivity index (χ1n) is 9.69. The maximum Gasteiger partial charge on any atom is 0.270 e. The number of ketones is 1. The van der Waals surface area contributed by atoms with E-state index in [0.717, 1.165) is 6.07 Å². The average Bonchev–Trinajstić information content (AvgIpc) is 3.13. The van der Waals surface area contributed by atoms with Crippen molar-refractivity contribution >= 4 is 38.6 Å². The van der Waals surface area contributed by atoms with E-state index < -0.39 is 20.6 Å². The number of ether oxygens (including phenoxy) is 1. The SMILES string of the molecule is COc1ccc(NS(=O)(=O)c2cc([N+](=O)[O-])ccc2N/N=C2/CC(=O)c3ccccc32)cc1. The maximum atomic E-state index is 13.1. The molecule has 2 N–H and O–H groups in total. The van der Waals surface area contributed by atoms with E-state index in [9.17, 15) is 23.3 Å². The Hall–Kier alpha value is -4.25. The number of nitro benzene ring substituents is 1. The molecule has 4 rings (SSSR count). The summed E-state index contributed by atoms with van der Waals surface area (Å²) < 4.78 is 33.6. The number of nitro groups is 1. The summed E-state index contributed by atoms with van der Waals surface area (Å²) >= 11 is 0. The molecule has 3 aromatic carbocycles. The lowest BCUT2D eigenvalue weighted by molar-refractivity contribution is -0.385. The molecule has 0 unspecified atom stereocenters. The third kappa shape index (κ3) is 4.53. The maximum absolute atomic E-state index is 13.1. The van der Waals surface area contributed by atoms with Crippen LogP contribution in [0.5, 0.6) is 5.75 Å². The van der Waals surface area contributed by atoms with Gasteiger partial charge in [-0.3, -0.25) is 25.1 Å². The van der Waals surface area contributed by atoms with Crippen LogP contribution < -0.4 is 14.9 Å². The number of rotatable bonds is 7. The van der Waals surface area contributed by atoms with Crippen LogP contribution >= 0.6 is 0 Å². The Morgan fingerprint density at radius 2 is 1.73 bits per heavy atom. The van der Waals surface area contributed by atoms with Gasteiger partial charge in [0.05, 0.1) is 29.9 Å². The number of nitrogens with zero attached hydrogens (tertiary/aromatic N) is 2. The van der Waals surface area contributed by atoms with Crippen LogP contribution in [0.1, 0.15) is 22.3 Å². The van der Waals surface area contributed by atoms with Gasteiger partial charge in [0.2, 0.25) is 0 Å². The van der Waals surface area contributed by atoms with Crippen molar-refractivity contribution in [2.24, 2.45) is 5.10 Å². The summed E-state index contributed by atoms with van der Waals surface area (Å²) in [5.41, 5.74) is 4.17. The molecule has 0 spiro atoms. The molecular formula is C22H18N4O6S. The largest absolute Gasteiger partial charge is 0.497 e. The molecular weight excluding hydrogens is 448 g/mol. The molecule has 0 amide bonds. The quantitative estimate of drug-likeness (QED) is 0.398. The molecule has 10 nitrogen and oxygen atoms in total. The predicted octanol–water partition coefficient (Wildman–Crippen LogP) is 3.81. The van der Waals surface area contributed by atoms with Crippen molar-refractivity contribution in [3.05, 3.63) is 88.0 Å². The van der Waals surface area contributed by atoms with E-state index in [1.54, 1.807) is 36.4 Å². The van der Waals surface area contributed by atoms with Crippen LogP contribution in [0.2, 0.25) is 0 Å². The van der Waals surface area contributed by atoms with Gasteiger partial charge in [0.25, 0.3) is 15.7 Å². The van der Waals surface area contributed by atoms with E-state index in [0.29, 0.717) is 22.6 Å². The first kappa shape index (κ1) is 22.0. The number of non-ortho nitro benzene ring substituents is 1. The fourth-order valence-electron chi connectivity index (χ4n) is 3.36. The molecule has 1 aliphatic rings. The zero-order valence-corrected chi connectivity index (χ0v) is 18.1. The number of anilines is 2. The molecule has 0 saturated heterocycles. The second kappa shape index (κ2) is 8.71. The number of hydrogen-bond donors (Lipinski definition) is 2. The number of hydrazone groups is 1. The number of carbonyl (C=O) groups is 1. The van der Waals surface area contributed by atoms with Crippen molar-refractivity contribution in [1.29, 1.82) is 0 Å². The molecule has 0 fully saturated rings. The van der Waals surface area contributed by atoms with Gasteiger partial charge in [0, 0.05) is 28.9 Å². The number of Topliss-reactive ketones (excluding diaryl/α,β-unsaturated/α-hetero) is 1. The molecule has 0 bridgehead atoms. The van der Waals surface area contributed by atoms with Gasteiger partial charge in [-0.25, -0.2) is 8.42 Å². The van der Waals surface area contributed by atoms with Gasteiger partial charge in [-0.15, -0.1) is 0 Å². The van der Waals surface area contributed by atoms with E-state index >= 15 is 0 Å². The van der Waals surface area contributed by atoms with Crippen LogP contribution in [0.3, 0.4) is 0 Å². The van der Waals surface area contributed by atoms with Crippen molar-refractivity contribution in [2.45, 2.75) is 11.3 Å². The molecule has 1 aliphatic carbocycles. The fourth-order valence-corrected chi connectivity index (χ4v) is 4.59. The minimum atomic E-state index is -4.23. The van der Waals surface area contributed by atoms with Gasteiger partial charge in [-0.05, 0) is 30.3 Å². The Labute approximate surface area is 189 Å². The zero-order valence-electron chi connectivity index (χ0n) is 17.3. The number of methoxy groups -OCH3 is 1. The number of hydrogen-bond acceptors (Lipinski definition) is 8. The van der Waals surface area contributed by atoms with Crippen molar-refractivity contribution < 1.29 is 22.9 Å². The first-order valence-corrected chi connectivity index (χ1v) is 11.2. The number of carbonyl (C=O) groups excluding carboxylic acids is 1. The van der Waals surface area contributed by atoms with E-state index in [4.69, 9.17) is 4.74 Å². The summed E-state index contributed by atoms with van der Waals surface area (Å²) in [4.78, 5) is 22.4. The highest BCUT2D eigenvalue weighted by molar-refractivity contribution is 7.92. The Morgan fingerprint density at radius 1 is 1.03 bits per heavy atom. The number of benzene rings is 3. The number of nitrogens with one attached hydrogen (secondary N) is 2. The van der Waals surface area contributed by atoms with E-state index in [-0.39, 0.29) is 28.5 Å². The van der Waals surface area contributed by atoms with Gasteiger partial charge in [-0.1, -0.05) is 24.3 Å². The molecule has 0 heterocycles. The van der Waals surface area contributed by atoms with Gasteiger partial charge in [0.1, 0.15) is 10.6 Å². The Balaban J connectivity index is 1.69. The highest BCUT2D eigenvalue weighted by Crippen LogP contribution is 2.30. The Bertz CT molecular complexity index is 1380. The highest BCUT2D eigenvalue weighted by atomic mass is 32.2. The third-order valence-electron chi connectivity index (χ3n) is 4.99. The van der Waals surface area contributed by atoms with Crippen molar-refractivity contribution in [3.8, 4) is 5.75 Å². The zero-order chi connectivity index (χ0) is 23.6. The van der Waals surface area contributed by atoms with Crippen molar-refractivity contribution in [1.82, 2.24) is 0 Å². The van der Waals surface area contributed by atoms with Crippen LogP contribution in [0.4, 0.5) is 17.1 Å². The molecule has 0 aliphatic heterocycles. The summed E-state index contributed by atoms with van der Waals surface area (Å²) in [5.74, 6) is 0.446. The minimum Gasteiger partial charge on any atom is -0.497 e. The third-order valence-corrected chi connectivity index (χ3v) is 6.41. The van der Waals surface area contributed by atoms with Gasteiger partial charge in [0.15, 0.2) is 5.78 Å². The molecule has 0 saturated carbocycles. The first-order chi connectivity index (χ1) is 15.8. The average molecular weight is 466 g/mol. The van der Waals surface area contributed by atoms with Crippen molar-refractivity contribution in [2.75, 3.05) is 17.3 Å². The summed E-state index contributed by atoms with van der Waals surface area (Å²) in [6.45, 7) is 0. The standard InChI is InChI=1S/C22H18N4O6S/c1-32-16-9-6-14(7-10-16)25-33(30,31)22-12-15(26(28)29)8-11-19(22)23-24-20-13-21(27)18-5-3-2-4-17(18)20/h2-12,23,25H,13H2,1H3/b24-20-. The van der Waals surface area contributed by atoms with Gasteiger partial charge in [-0.2, -0.15) is 5.10 Å². The van der Waals surface area contributed by atoms with Crippen LogP contribution in [0, 0.1) is 10.1 Å². The van der Waals surface area contributed by atoms with E-state index in [2.05, 4.69) is 15.2 Å². The number of fused-ring (bicyclic) bond motifs is 1. The van der Waals surface area contributed by atoms with E-state index in [1.165, 1.54) is 31.4 Å². The van der Waals surface area contributed by atoms with Gasteiger partial charge >= 0.3 is 0 Å². The lowest BCUT2D eigenvalue weighted by Crippen LogP contribution is -2.15. The van der Waals surface area contributed by atoms with Crippen LogP contribution in [0.15, 0.2) is 76.7 Å². The smallest absolute Gasteiger partial charge is 0.270 e. The van der Waals surface area contributed by atoms with E-state index in [1.807, 2.05) is 0 Å². The summed E-state index contributed by atoms with van der Waals surface area (Å²) in [6, 6.07) is 16.5. The second-order valence-electron chi connectivity index (χ2n) is 7.09. The lowest BCUT2D eigenvalue weighted by Gasteiger charge is -2.13. The topological polar surface area (TPSA) is 140 Å². The molecule has 33 heavy (non-hydrogen) atoms. The highest BCUT2D eigenvalue weighted by Gasteiger charge is 2.26. The minimum absolute atomic E-state index is 0.0194. The molecule has 3 aromatic rings. The van der Waals surface area contributed by atoms with Crippen LogP contribution in [-0.4, -0.2) is 31.9 Å². The predicted molar refractivity (Wildman–Crippen MR) is 122 cm³/mol. The molecule has 0 aromatic heterocycles. The van der Waals surface area contributed by atoms with Crippen molar-refractivity contribution in [3.63, 3.8) is 0 Å². The molecule has 11 heteroatoms. The van der Waals surface area contributed by atoms with Crippen LogP contribution in [0.25, 0.3) is 0 Å². The number of sulfonamides is 1. The summed E-state index contributed by atoms with van der Waals surface area (Å²) in [6.07, 6.45) is 0.0610.